The number of benzene rings is 1. The van der Waals surface area contributed by atoms with Gasteiger partial charge in [-0.3, -0.25) is 14.9 Å². The van der Waals surface area contributed by atoms with E-state index < -0.39 is 4.92 Å². The highest BCUT2D eigenvalue weighted by Crippen LogP contribution is 2.33. The van der Waals surface area contributed by atoms with Crippen molar-refractivity contribution in [3.05, 3.63) is 32.8 Å². The predicted molar refractivity (Wildman–Crippen MR) is 81.3 cm³/mol. The standard InChI is InChI=1S/C14H18ClN3O3/c1-7-3-4-11(8(7)2)17-14(19)9-5-10(15)13(16)12(6-9)18(20)21/h5-8,11H,3-4,16H2,1-2H3,(H,17,19). The molecule has 1 aromatic rings. The van der Waals surface area contributed by atoms with E-state index in [-0.39, 0.29) is 33.9 Å². The number of hydrogen-bond donors (Lipinski definition) is 2. The lowest BCUT2D eigenvalue weighted by Gasteiger charge is -2.19. The van der Waals surface area contributed by atoms with Gasteiger partial charge in [-0.25, -0.2) is 0 Å². The van der Waals surface area contributed by atoms with E-state index in [4.69, 9.17) is 17.3 Å². The maximum atomic E-state index is 12.3. The van der Waals surface area contributed by atoms with Crippen LogP contribution in [0.1, 0.15) is 37.0 Å². The fourth-order valence-electron chi connectivity index (χ4n) is 2.71. The number of carbonyl (C=O) groups is 1. The topological polar surface area (TPSA) is 98.3 Å². The van der Waals surface area contributed by atoms with Crippen LogP contribution in [0, 0.1) is 22.0 Å². The Bertz CT molecular complexity index is 591. The molecule has 2 rings (SSSR count). The van der Waals surface area contributed by atoms with Crippen molar-refractivity contribution in [3.63, 3.8) is 0 Å². The Kier molecular flexibility index (Phi) is 4.37. The number of amides is 1. The maximum absolute atomic E-state index is 12.3. The lowest BCUT2D eigenvalue weighted by molar-refractivity contribution is -0.383. The highest BCUT2D eigenvalue weighted by atomic mass is 35.5. The number of anilines is 1. The molecule has 3 unspecified atom stereocenters. The van der Waals surface area contributed by atoms with Crippen molar-refractivity contribution in [2.75, 3.05) is 5.73 Å². The molecule has 0 bridgehead atoms. The third kappa shape index (κ3) is 3.10. The average molecular weight is 312 g/mol. The van der Waals surface area contributed by atoms with Crippen molar-refractivity contribution < 1.29 is 9.72 Å². The average Bonchev–Trinajstić information content (AvgIpc) is 2.73. The molecule has 114 valence electrons. The summed E-state index contributed by atoms with van der Waals surface area (Å²) in [6.07, 6.45) is 1.98. The van der Waals surface area contributed by atoms with Gasteiger partial charge in [0.2, 0.25) is 0 Å². The molecule has 7 heteroatoms. The Morgan fingerprint density at radius 3 is 2.62 bits per heavy atom. The molecule has 1 saturated carbocycles. The van der Waals surface area contributed by atoms with Crippen LogP contribution < -0.4 is 11.1 Å². The van der Waals surface area contributed by atoms with Gasteiger partial charge < -0.3 is 11.1 Å². The summed E-state index contributed by atoms with van der Waals surface area (Å²) < 4.78 is 0. The van der Waals surface area contributed by atoms with Crippen molar-refractivity contribution in [1.82, 2.24) is 5.32 Å². The summed E-state index contributed by atoms with van der Waals surface area (Å²) in [5, 5.41) is 13.9. The predicted octanol–water partition coefficient (Wildman–Crippen LogP) is 2.99. The fraction of sp³-hybridized carbons (Fsp3) is 0.500. The van der Waals surface area contributed by atoms with E-state index >= 15 is 0 Å². The van der Waals surface area contributed by atoms with Crippen LogP contribution >= 0.6 is 11.6 Å². The zero-order chi connectivity index (χ0) is 15.7. The van der Waals surface area contributed by atoms with Gasteiger partial charge in [-0.05, 0) is 30.7 Å². The quantitative estimate of drug-likeness (QED) is 0.509. The SMILES string of the molecule is CC1CCC(NC(=O)c2cc(Cl)c(N)c([N+](=O)[O-])c2)C1C. The van der Waals surface area contributed by atoms with E-state index in [0.717, 1.165) is 12.8 Å². The molecule has 0 aromatic heterocycles. The zero-order valence-electron chi connectivity index (χ0n) is 11.9. The first-order valence-electron chi connectivity index (χ1n) is 6.85. The molecule has 0 spiro atoms. The van der Waals surface area contributed by atoms with Crippen LogP contribution in [0.4, 0.5) is 11.4 Å². The highest BCUT2D eigenvalue weighted by Gasteiger charge is 2.31. The normalized spacial score (nSPS) is 24.8. The summed E-state index contributed by atoms with van der Waals surface area (Å²) in [5.41, 5.74) is 5.24. The Morgan fingerprint density at radius 1 is 1.43 bits per heavy atom. The molecule has 6 nitrogen and oxygen atoms in total. The van der Waals surface area contributed by atoms with Gasteiger partial charge in [0.1, 0.15) is 5.69 Å². The van der Waals surface area contributed by atoms with E-state index in [9.17, 15) is 14.9 Å². The number of carbonyl (C=O) groups excluding carboxylic acids is 1. The summed E-state index contributed by atoms with van der Waals surface area (Å²) >= 11 is 5.87. The third-order valence-corrected chi connectivity index (χ3v) is 4.66. The molecule has 1 aromatic carbocycles. The summed E-state index contributed by atoms with van der Waals surface area (Å²) in [6.45, 7) is 4.25. The summed E-state index contributed by atoms with van der Waals surface area (Å²) in [5.74, 6) is 0.582. The smallest absolute Gasteiger partial charge is 0.294 e. The van der Waals surface area contributed by atoms with Crippen LogP contribution in [0.25, 0.3) is 0 Å². The van der Waals surface area contributed by atoms with E-state index in [1.165, 1.54) is 12.1 Å². The molecule has 3 atom stereocenters. The second kappa shape index (κ2) is 5.89. The highest BCUT2D eigenvalue weighted by molar-refractivity contribution is 6.34. The van der Waals surface area contributed by atoms with E-state index in [1.807, 2.05) is 0 Å². The van der Waals surface area contributed by atoms with Gasteiger partial charge in [-0.15, -0.1) is 0 Å². The third-order valence-electron chi connectivity index (χ3n) is 4.35. The van der Waals surface area contributed by atoms with Crippen molar-refractivity contribution in [2.45, 2.75) is 32.7 Å². The number of nitrogens with one attached hydrogen (secondary N) is 1. The number of halogens is 1. The van der Waals surface area contributed by atoms with Crippen LogP contribution in [0.2, 0.25) is 5.02 Å². The van der Waals surface area contributed by atoms with Crippen LogP contribution in [0.5, 0.6) is 0 Å². The van der Waals surface area contributed by atoms with Crippen LogP contribution in [-0.4, -0.2) is 16.9 Å². The minimum Gasteiger partial charge on any atom is -0.392 e. The largest absolute Gasteiger partial charge is 0.392 e. The van der Waals surface area contributed by atoms with Crippen molar-refractivity contribution in [2.24, 2.45) is 11.8 Å². The minimum atomic E-state index is -0.641. The van der Waals surface area contributed by atoms with E-state index in [2.05, 4.69) is 19.2 Å². The van der Waals surface area contributed by atoms with Gasteiger partial charge in [0.25, 0.3) is 11.6 Å². The van der Waals surface area contributed by atoms with Gasteiger partial charge in [0.15, 0.2) is 0 Å². The number of nitrogens with zero attached hydrogens (tertiary/aromatic N) is 1. The Morgan fingerprint density at radius 2 is 2.10 bits per heavy atom. The van der Waals surface area contributed by atoms with Gasteiger partial charge in [0, 0.05) is 17.7 Å². The molecule has 0 heterocycles. The van der Waals surface area contributed by atoms with Gasteiger partial charge in [0.05, 0.1) is 9.95 Å². The lowest BCUT2D eigenvalue weighted by Crippen LogP contribution is -2.37. The molecule has 21 heavy (non-hydrogen) atoms. The van der Waals surface area contributed by atoms with Crippen LogP contribution in [0.15, 0.2) is 12.1 Å². The first-order valence-corrected chi connectivity index (χ1v) is 7.23. The number of nitrogens with two attached hydrogens (primary N) is 1. The fourth-order valence-corrected chi connectivity index (χ4v) is 2.92. The summed E-state index contributed by atoms with van der Waals surface area (Å²) in [7, 11) is 0. The van der Waals surface area contributed by atoms with Gasteiger partial charge in [-0.2, -0.15) is 0 Å². The Balaban J connectivity index is 2.22. The Hall–Kier alpha value is -1.82. The van der Waals surface area contributed by atoms with Gasteiger partial charge >= 0.3 is 0 Å². The van der Waals surface area contributed by atoms with E-state index in [1.54, 1.807) is 0 Å². The number of nitro benzene ring substituents is 1. The molecule has 0 aliphatic heterocycles. The summed E-state index contributed by atoms with van der Waals surface area (Å²) in [6, 6.07) is 2.62. The second-order valence-electron chi connectivity index (χ2n) is 5.64. The van der Waals surface area contributed by atoms with Gasteiger partial charge in [-0.1, -0.05) is 25.4 Å². The molecule has 0 radical (unpaired) electrons. The molecule has 1 aliphatic carbocycles. The van der Waals surface area contributed by atoms with Crippen LogP contribution in [0.3, 0.4) is 0 Å². The molecular weight excluding hydrogens is 294 g/mol. The Labute approximate surface area is 127 Å². The molecular formula is C14H18ClN3O3. The number of nitrogen functional groups attached to an aromatic ring is 1. The molecule has 3 N–H and O–H groups in total. The number of nitro groups is 1. The van der Waals surface area contributed by atoms with Crippen molar-refractivity contribution in [3.8, 4) is 0 Å². The first-order chi connectivity index (χ1) is 9.81. The number of hydrogen-bond acceptors (Lipinski definition) is 4. The van der Waals surface area contributed by atoms with Crippen LogP contribution in [-0.2, 0) is 0 Å². The molecule has 1 aliphatic rings. The van der Waals surface area contributed by atoms with Crippen molar-refractivity contribution in [1.29, 1.82) is 0 Å². The molecule has 0 saturated heterocycles. The molecule has 1 amide bonds. The van der Waals surface area contributed by atoms with E-state index in [0.29, 0.717) is 11.8 Å². The zero-order valence-corrected chi connectivity index (χ0v) is 12.7. The minimum absolute atomic E-state index is 0.0159. The monoisotopic (exact) mass is 311 g/mol. The second-order valence-corrected chi connectivity index (χ2v) is 6.05. The number of rotatable bonds is 3. The summed E-state index contributed by atoms with van der Waals surface area (Å²) in [4.78, 5) is 22.5. The molecule has 1 fully saturated rings. The van der Waals surface area contributed by atoms with Crippen molar-refractivity contribution >= 4 is 28.9 Å². The lowest BCUT2D eigenvalue weighted by atomic mass is 9.97. The maximum Gasteiger partial charge on any atom is 0.294 e. The first kappa shape index (κ1) is 15.6.